The summed E-state index contributed by atoms with van der Waals surface area (Å²) in [5.41, 5.74) is -0.0706. The van der Waals surface area contributed by atoms with Crippen LogP contribution in [-0.2, 0) is 10.5 Å². The lowest BCUT2D eigenvalue weighted by molar-refractivity contribution is -0.149. The van der Waals surface area contributed by atoms with Gasteiger partial charge in [-0.25, -0.2) is 4.39 Å². The summed E-state index contributed by atoms with van der Waals surface area (Å²) in [6, 6.07) is 13.0. The molecule has 154 valence electrons. The number of halogens is 1. The molecule has 1 fully saturated rings. The number of amides is 1. The molecule has 0 unspecified atom stereocenters. The molecule has 0 saturated carbocycles. The van der Waals surface area contributed by atoms with Crippen LogP contribution in [0.15, 0.2) is 53.1 Å². The number of methoxy groups -OCH3 is 2. The molecule has 2 aliphatic heterocycles. The van der Waals surface area contributed by atoms with Gasteiger partial charge in [-0.2, -0.15) is 5.26 Å². The summed E-state index contributed by atoms with van der Waals surface area (Å²) in [5.74, 6) is -0.0579. The normalized spacial score (nSPS) is 23.2. The molecule has 6 nitrogen and oxygen atoms in total. The van der Waals surface area contributed by atoms with Crippen molar-refractivity contribution >= 4 is 17.7 Å². The fourth-order valence-electron chi connectivity index (χ4n) is 3.90. The largest absolute Gasteiger partial charge is 0.493 e. The molecule has 30 heavy (non-hydrogen) atoms. The summed E-state index contributed by atoms with van der Waals surface area (Å²) in [4.78, 5) is 14.4. The van der Waals surface area contributed by atoms with Crippen molar-refractivity contribution in [3.63, 3.8) is 0 Å². The number of nitrogens with zero attached hydrogens (tertiary/aromatic N) is 2. The Kier molecular flexibility index (Phi) is 5.18. The highest BCUT2D eigenvalue weighted by atomic mass is 32.2. The summed E-state index contributed by atoms with van der Waals surface area (Å²) in [6.07, 6.45) is 0.00812. The van der Waals surface area contributed by atoms with Gasteiger partial charge in [0.05, 0.1) is 36.6 Å². The van der Waals surface area contributed by atoms with Crippen LogP contribution in [0.1, 0.15) is 23.5 Å². The number of nitriles is 1. The highest BCUT2D eigenvalue weighted by Gasteiger charge is 2.52. The topological polar surface area (TPSA) is 82.8 Å². The molecule has 2 heterocycles. The molecule has 2 aromatic rings. The van der Waals surface area contributed by atoms with Crippen LogP contribution in [0.25, 0.3) is 0 Å². The standard InChI is InChI=1S/C22H19FN2O4S/c1-28-18-8-5-14(9-19(18)29-2)22(27)12-30-21-17(11-24)16(10-20(26)25(21)22)13-3-6-15(23)7-4-13/h3-9,16,27H,10,12H2,1-2H3/t16-,22+/m0/s1. The lowest BCUT2D eigenvalue weighted by Gasteiger charge is -2.38. The maximum absolute atomic E-state index is 13.3. The molecule has 4 rings (SSSR count). The van der Waals surface area contributed by atoms with E-state index in [9.17, 15) is 19.6 Å². The lowest BCUT2D eigenvalue weighted by Crippen LogP contribution is -2.48. The van der Waals surface area contributed by atoms with E-state index in [1.165, 1.54) is 43.0 Å². The van der Waals surface area contributed by atoms with Crippen molar-refractivity contribution in [2.24, 2.45) is 0 Å². The van der Waals surface area contributed by atoms with Gasteiger partial charge in [0.25, 0.3) is 0 Å². The first kappa shape index (κ1) is 20.3. The number of carbonyl (C=O) groups is 1. The number of benzene rings is 2. The minimum Gasteiger partial charge on any atom is -0.493 e. The van der Waals surface area contributed by atoms with E-state index in [1.807, 2.05) is 0 Å². The number of hydrogen-bond donors (Lipinski definition) is 1. The smallest absolute Gasteiger partial charge is 0.231 e. The molecular weight excluding hydrogens is 407 g/mol. The monoisotopic (exact) mass is 426 g/mol. The Bertz CT molecular complexity index is 1080. The van der Waals surface area contributed by atoms with E-state index in [-0.39, 0.29) is 23.9 Å². The molecular formula is C22H19FN2O4S. The van der Waals surface area contributed by atoms with Gasteiger partial charge in [-0.05, 0) is 29.8 Å². The van der Waals surface area contributed by atoms with Crippen LogP contribution in [0.3, 0.4) is 0 Å². The van der Waals surface area contributed by atoms with E-state index in [1.54, 1.807) is 30.3 Å². The fourth-order valence-corrected chi connectivity index (χ4v) is 5.26. The van der Waals surface area contributed by atoms with Crippen LogP contribution in [0, 0.1) is 17.1 Å². The van der Waals surface area contributed by atoms with Crippen LogP contribution in [0.5, 0.6) is 11.5 Å². The van der Waals surface area contributed by atoms with Gasteiger partial charge in [-0.3, -0.25) is 9.69 Å². The summed E-state index contributed by atoms with van der Waals surface area (Å²) in [7, 11) is 3.01. The Labute approximate surface area is 177 Å². The Balaban J connectivity index is 1.79. The highest BCUT2D eigenvalue weighted by Crippen LogP contribution is 2.52. The molecule has 2 atom stereocenters. The van der Waals surface area contributed by atoms with E-state index in [0.29, 0.717) is 33.2 Å². The number of hydrogen-bond acceptors (Lipinski definition) is 6. The van der Waals surface area contributed by atoms with Crippen molar-refractivity contribution in [1.82, 2.24) is 4.90 Å². The number of fused-ring (bicyclic) bond motifs is 1. The van der Waals surface area contributed by atoms with Crippen LogP contribution in [-0.4, -0.2) is 35.9 Å². The first-order chi connectivity index (χ1) is 14.4. The zero-order chi connectivity index (χ0) is 21.5. The van der Waals surface area contributed by atoms with Gasteiger partial charge in [0.2, 0.25) is 5.91 Å². The average Bonchev–Trinajstić information content (AvgIpc) is 3.13. The van der Waals surface area contributed by atoms with Crippen LogP contribution >= 0.6 is 11.8 Å². The highest BCUT2D eigenvalue weighted by molar-refractivity contribution is 8.03. The van der Waals surface area contributed by atoms with Gasteiger partial charge >= 0.3 is 0 Å². The zero-order valence-corrected chi connectivity index (χ0v) is 17.2. The summed E-state index contributed by atoms with van der Waals surface area (Å²) in [5, 5.41) is 21.8. The molecule has 1 saturated heterocycles. The Morgan fingerprint density at radius 1 is 1.20 bits per heavy atom. The molecule has 0 aliphatic carbocycles. The number of thioether (sulfide) groups is 1. The SMILES string of the molecule is COc1ccc([C@]2(O)CSC3=C(C#N)[C@H](c4ccc(F)cc4)CC(=O)N32)cc1OC. The Hall–Kier alpha value is -3.02. The van der Waals surface area contributed by atoms with Crippen molar-refractivity contribution in [2.75, 3.05) is 20.0 Å². The maximum Gasteiger partial charge on any atom is 0.231 e. The van der Waals surface area contributed by atoms with Crippen LogP contribution < -0.4 is 9.47 Å². The first-order valence-electron chi connectivity index (χ1n) is 9.23. The third-order valence-corrected chi connectivity index (χ3v) is 6.65. The Morgan fingerprint density at radius 2 is 1.90 bits per heavy atom. The molecule has 2 aliphatic rings. The molecule has 0 aromatic heterocycles. The van der Waals surface area contributed by atoms with Gasteiger partial charge in [0, 0.05) is 17.9 Å². The lowest BCUT2D eigenvalue weighted by atomic mass is 9.85. The van der Waals surface area contributed by atoms with Gasteiger partial charge in [-0.1, -0.05) is 18.2 Å². The van der Waals surface area contributed by atoms with Gasteiger partial charge < -0.3 is 14.6 Å². The number of aliphatic hydroxyl groups is 1. The molecule has 2 aromatic carbocycles. The summed E-state index contributed by atoms with van der Waals surface area (Å²) in [6.45, 7) is 0. The predicted octanol–water partition coefficient (Wildman–Crippen LogP) is 3.49. The van der Waals surface area contributed by atoms with Gasteiger partial charge in [0.1, 0.15) is 5.82 Å². The van der Waals surface area contributed by atoms with Gasteiger partial charge in [-0.15, -0.1) is 11.8 Å². The second kappa shape index (κ2) is 7.67. The minimum atomic E-state index is -1.62. The Morgan fingerprint density at radius 3 is 2.53 bits per heavy atom. The van der Waals surface area contributed by atoms with Crippen molar-refractivity contribution in [3.05, 3.63) is 70.0 Å². The maximum atomic E-state index is 13.3. The van der Waals surface area contributed by atoms with E-state index >= 15 is 0 Å². The third kappa shape index (κ3) is 3.11. The molecule has 8 heteroatoms. The summed E-state index contributed by atoms with van der Waals surface area (Å²) >= 11 is 1.26. The zero-order valence-electron chi connectivity index (χ0n) is 16.4. The minimum absolute atomic E-state index is 0.00812. The third-order valence-electron chi connectivity index (χ3n) is 5.43. The number of ether oxygens (including phenoxy) is 2. The van der Waals surface area contributed by atoms with Crippen LogP contribution in [0.2, 0.25) is 0 Å². The van der Waals surface area contributed by atoms with Gasteiger partial charge in [0.15, 0.2) is 17.2 Å². The van der Waals surface area contributed by atoms with Crippen molar-refractivity contribution in [3.8, 4) is 17.6 Å². The van der Waals surface area contributed by atoms with Crippen LogP contribution in [0.4, 0.5) is 4.39 Å². The quantitative estimate of drug-likeness (QED) is 0.806. The number of carbonyl (C=O) groups excluding carboxylic acids is 1. The van der Waals surface area contributed by atoms with E-state index in [0.717, 1.165) is 0 Å². The molecule has 1 amide bonds. The van der Waals surface area contributed by atoms with E-state index in [2.05, 4.69) is 6.07 Å². The molecule has 0 spiro atoms. The van der Waals surface area contributed by atoms with E-state index in [4.69, 9.17) is 9.47 Å². The molecule has 0 bridgehead atoms. The number of allylic oxidation sites excluding steroid dienone is 1. The molecule has 0 radical (unpaired) electrons. The predicted molar refractivity (Wildman–Crippen MR) is 109 cm³/mol. The van der Waals surface area contributed by atoms with Crippen molar-refractivity contribution in [1.29, 1.82) is 5.26 Å². The van der Waals surface area contributed by atoms with Crippen molar-refractivity contribution < 1.29 is 23.8 Å². The number of rotatable bonds is 4. The average molecular weight is 426 g/mol. The van der Waals surface area contributed by atoms with Crippen molar-refractivity contribution in [2.45, 2.75) is 18.1 Å². The second-order valence-corrected chi connectivity index (χ2v) is 8.01. The summed E-state index contributed by atoms with van der Waals surface area (Å²) < 4.78 is 23.9. The second-order valence-electron chi connectivity index (χ2n) is 7.04. The fraction of sp³-hybridized carbons (Fsp3) is 0.273. The van der Waals surface area contributed by atoms with E-state index < -0.39 is 11.6 Å². The molecule has 1 N–H and O–H groups in total. The first-order valence-corrected chi connectivity index (χ1v) is 10.2.